The van der Waals surface area contributed by atoms with Gasteiger partial charge in [0, 0.05) is 43.0 Å². The lowest BCUT2D eigenvalue weighted by atomic mass is 10.0. The molecular weight excluding hydrogens is 487 g/mol. The fourth-order valence-corrected chi connectivity index (χ4v) is 5.03. The third-order valence-corrected chi connectivity index (χ3v) is 7.06. The summed E-state index contributed by atoms with van der Waals surface area (Å²) in [5, 5.41) is 5.84. The van der Waals surface area contributed by atoms with E-state index in [1.807, 2.05) is 11.3 Å². The molecule has 2 aliphatic rings. The molecule has 2 aromatic rings. The summed E-state index contributed by atoms with van der Waals surface area (Å²) in [6, 6.07) is 11.7. The first-order valence-corrected chi connectivity index (χ1v) is 11.3. The molecule has 0 aliphatic carbocycles. The Kier molecular flexibility index (Phi) is 7.47. The molecule has 0 radical (unpaired) electrons. The number of hydrogen-bond donors (Lipinski definition) is 1. The highest BCUT2D eigenvalue weighted by molar-refractivity contribution is 14.0. The third kappa shape index (κ3) is 4.81. The number of likely N-dealkylation sites (N-methyl/N-ethyl adjacent to an activating group) is 1. The molecule has 27 heavy (non-hydrogen) atoms. The molecule has 0 saturated carbocycles. The summed E-state index contributed by atoms with van der Waals surface area (Å²) in [5.74, 6) is 1.03. The minimum absolute atomic E-state index is 0. The van der Waals surface area contributed by atoms with Crippen LogP contribution in [0.5, 0.6) is 0 Å². The minimum atomic E-state index is 0. The van der Waals surface area contributed by atoms with Gasteiger partial charge < -0.3 is 10.2 Å². The van der Waals surface area contributed by atoms with Crippen LogP contribution in [0.3, 0.4) is 0 Å². The molecule has 1 aromatic heterocycles. The SMILES string of the molecule is CSc1ccc(C(CNC2=NCCN2C)N2CCc3sccc3C2)cc1.I. The molecule has 4 nitrogen and oxygen atoms in total. The van der Waals surface area contributed by atoms with Crippen molar-refractivity contribution in [1.29, 1.82) is 0 Å². The van der Waals surface area contributed by atoms with E-state index in [4.69, 9.17) is 0 Å². The zero-order valence-corrected chi connectivity index (χ0v) is 19.8. The van der Waals surface area contributed by atoms with E-state index < -0.39 is 0 Å². The number of halogens is 1. The zero-order valence-electron chi connectivity index (χ0n) is 15.9. The van der Waals surface area contributed by atoms with Crippen LogP contribution in [0.15, 0.2) is 45.6 Å². The summed E-state index contributed by atoms with van der Waals surface area (Å²) in [7, 11) is 2.11. The van der Waals surface area contributed by atoms with Crippen LogP contribution in [-0.4, -0.2) is 55.2 Å². The van der Waals surface area contributed by atoms with Crippen molar-refractivity contribution < 1.29 is 0 Å². The van der Waals surface area contributed by atoms with Crippen LogP contribution in [0.2, 0.25) is 0 Å². The van der Waals surface area contributed by atoms with Gasteiger partial charge in [-0.2, -0.15) is 0 Å². The highest BCUT2D eigenvalue weighted by Gasteiger charge is 2.26. The van der Waals surface area contributed by atoms with E-state index in [0.29, 0.717) is 6.04 Å². The molecule has 0 bridgehead atoms. The molecule has 146 valence electrons. The summed E-state index contributed by atoms with van der Waals surface area (Å²) in [6.45, 7) is 4.96. The average Bonchev–Trinajstić information content (AvgIpc) is 3.31. The standard InChI is InChI=1S/C20H26N4S2.HI/c1-23-11-9-21-20(23)22-13-18(15-3-5-17(25-2)6-4-15)24-10-7-19-16(14-24)8-12-26-19;/h3-6,8,12,18H,7,9-11,13-14H2,1-2H3,(H,21,22);1H. The number of aliphatic imine (C=N–C) groups is 1. The number of hydrogen-bond acceptors (Lipinski definition) is 6. The van der Waals surface area contributed by atoms with E-state index in [9.17, 15) is 0 Å². The molecule has 1 atom stereocenters. The van der Waals surface area contributed by atoms with E-state index in [0.717, 1.165) is 45.1 Å². The van der Waals surface area contributed by atoms with Gasteiger partial charge >= 0.3 is 0 Å². The molecule has 3 heterocycles. The molecule has 0 amide bonds. The van der Waals surface area contributed by atoms with Crippen molar-refractivity contribution in [2.45, 2.75) is 23.9 Å². The molecule has 1 N–H and O–H groups in total. The van der Waals surface area contributed by atoms with E-state index in [2.05, 4.69) is 69.1 Å². The Morgan fingerprint density at radius 2 is 2.04 bits per heavy atom. The van der Waals surface area contributed by atoms with E-state index in [1.165, 1.54) is 16.0 Å². The lowest BCUT2D eigenvalue weighted by Gasteiger charge is -2.35. The van der Waals surface area contributed by atoms with Crippen molar-refractivity contribution in [3.8, 4) is 0 Å². The minimum Gasteiger partial charge on any atom is -0.354 e. The van der Waals surface area contributed by atoms with Crippen molar-refractivity contribution in [3.05, 3.63) is 51.7 Å². The number of benzene rings is 1. The maximum atomic E-state index is 4.59. The van der Waals surface area contributed by atoms with Gasteiger partial charge in [0.1, 0.15) is 0 Å². The molecule has 1 aromatic carbocycles. The highest BCUT2D eigenvalue weighted by atomic mass is 127. The summed E-state index contributed by atoms with van der Waals surface area (Å²) in [5.41, 5.74) is 2.89. The van der Waals surface area contributed by atoms with Gasteiger partial charge in [-0.25, -0.2) is 0 Å². The first kappa shape index (κ1) is 21.0. The quantitative estimate of drug-likeness (QED) is 0.482. The number of thioether (sulfide) groups is 1. The third-order valence-electron chi connectivity index (χ3n) is 5.29. The summed E-state index contributed by atoms with van der Waals surface area (Å²) < 4.78 is 0. The zero-order chi connectivity index (χ0) is 17.9. The first-order chi connectivity index (χ1) is 12.7. The summed E-state index contributed by atoms with van der Waals surface area (Å²) >= 11 is 3.70. The summed E-state index contributed by atoms with van der Waals surface area (Å²) in [6.07, 6.45) is 3.29. The second kappa shape index (κ2) is 9.62. The number of fused-ring (bicyclic) bond motifs is 1. The van der Waals surface area contributed by atoms with Gasteiger partial charge in [0.05, 0.1) is 12.6 Å². The van der Waals surface area contributed by atoms with E-state index in [1.54, 1.807) is 16.6 Å². The Morgan fingerprint density at radius 3 is 2.74 bits per heavy atom. The van der Waals surface area contributed by atoms with Gasteiger partial charge in [-0.1, -0.05) is 12.1 Å². The number of guanidine groups is 1. The molecule has 0 fully saturated rings. The second-order valence-corrected chi connectivity index (χ2v) is 8.77. The van der Waals surface area contributed by atoms with Crippen LogP contribution in [0.1, 0.15) is 22.0 Å². The van der Waals surface area contributed by atoms with Gasteiger partial charge in [-0.05, 0) is 47.4 Å². The number of rotatable bonds is 5. The van der Waals surface area contributed by atoms with Crippen molar-refractivity contribution >= 4 is 53.0 Å². The van der Waals surface area contributed by atoms with Gasteiger partial charge in [0.25, 0.3) is 0 Å². The fraction of sp³-hybridized carbons (Fsp3) is 0.450. The Bertz CT molecular complexity index is 775. The molecule has 0 saturated heterocycles. The maximum Gasteiger partial charge on any atom is 0.193 e. The van der Waals surface area contributed by atoms with Crippen LogP contribution in [-0.2, 0) is 13.0 Å². The normalized spacial score (nSPS) is 17.9. The lowest BCUT2D eigenvalue weighted by Crippen LogP contribution is -2.43. The van der Waals surface area contributed by atoms with Gasteiger partial charge in [0.2, 0.25) is 0 Å². The van der Waals surface area contributed by atoms with Gasteiger partial charge in [0.15, 0.2) is 5.96 Å². The van der Waals surface area contributed by atoms with Gasteiger partial charge in [-0.3, -0.25) is 9.89 Å². The molecule has 4 rings (SSSR count). The average molecular weight is 515 g/mol. The van der Waals surface area contributed by atoms with Crippen LogP contribution >= 0.6 is 47.1 Å². The lowest BCUT2D eigenvalue weighted by molar-refractivity contribution is 0.180. The predicted octanol–water partition coefficient (Wildman–Crippen LogP) is 4.08. The van der Waals surface area contributed by atoms with Crippen LogP contribution in [0, 0.1) is 0 Å². The largest absolute Gasteiger partial charge is 0.354 e. The molecule has 0 spiro atoms. The smallest absolute Gasteiger partial charge is 0.193 e. The van der Waals surface area contributed by atoms with Crippen molar-refractivity contribution in [1.82, 2.24) is 15.1 Å². The molecule has 2 aliphatic heterocycles. The number of thiophene rings is 1. The van der Waals surface area contributed by atoms with Crippen LogP contribution < -0.4 is 5.32 Å². The molecule has 7 heteroatoms. The molecular formula is C20H27IN4S2. The first-order valence-electron chi connectivity index (χ1n) is 9.17. The predicted molar refractivity (Wildman–Crippen MR) is 128 cm³/mol. The second-order valence-electron chi connectivity index (χ2n) is 6.89. The van der Waals surface area contributed by atoms with Crippen molar-refractivity contribution in [2.24, 2.45) is 4.99 Å². The Labute approximate surface area is 187 Å². The van der Waals surface area contributed by atoms with Crippen LogP contribution in [0.25, 0.3) is 0 Å². The topological polar surface area (TPSA) is 30.9 Å². The molecule has 1 unspecified atom stereocenters. The Hall–Kier alpha value is -0.770. The number of nitrogens with zero attached hydrogens (tertiary/aromatic N) is 3. The fourth-order valence-electron chi connectivity index (χ4n) is 3.73. The van der Waals surface area contributed by atoms with E-state index >= 15 is 0 Å². The van der Waals surface area contributed by atoms with Crippen LogP contribution in [0.4, 0.5) is 0 Å². The van der Waals surface area contributed by atoms with E-state index in [-0.39, 0.29) is 24.0 Å². The van der Waals surface area contributed by atoms with Crippen molar-refractivity contribution in [2.75, 3.05) is 39.5 Å². The van der Waals surface area contributed by atoms with Crippen molar-refractivity contribution in [3.63, 3.8) is 0 Å². The highest BCUT2D eigenvalue weighted by Crippen LogP contribution is 2.31. The van der Waals surface area contributed by atoms with Gasteiger partial charge in [-0.15, -0.1) is 47.1 Å². The maximum absolute atomic E-state index is 4.59. The number of nitrogens with one attached hydrogen (secondary N) is 1. The Balaban J connectivity index is 0.00000210. The monoisotopic (exact) mass is 514 g/mol. The summed E-state index contributed by atoms with van der Waals surface area (Å²) in [4.78, 5) is 12.3. The Morgan fingerprint density at radius 1 is 1.22 bits per heavy atom.